The van der Waals surface area contributed by atoms with E-state index in [-0.39, 0.29) is 11.7 Å². The minimum absolute atomic E-state index is 0.115. The molecule has 0 radical (unpaired) electrons. The van der Waals surface area contributed by atoms with Gasteiger partial charge in [0.1, 0.15) is 5.01 Å². The molecular weight excluding hydrogens is 366 g/mol. The maximum absolute atomic E-state index is 12.2. The minimum Gasteiger partial charge on any atom is -0.448 e. The van der Waals surface area contributed by atoms with Crippen molar-refractivity contribution >= 4 is 29.2 Å². The van der Waals surface area contributed by atoms with Gasteiger partial charge in [0.25, 0.3) is 5.91 Å². The zero-order valence-electron chi connectivity index (χ0n) is 15.7. The largest absolute Gasteiger partial charge is 0.448 e. The third-order valence-electron chi connectivity index (χ3n) is 3.63. The summed E-state index contributed by atoms with van der Waals surface area (Å²) >= 11 is 1.32. The predicted molar refractivity (Wildman–Crippen MR) is 104 cm³/mol. The average Bonchev–Trinajstić information content (AvgIpc) is 3.11. The van der Waals surface area contributed by atoms with Crippen LogP contribution >= 0.6 is 11.3 Å². The first-order valence-corrected chi connectivity index (χ1v) is 9.55. The molecule has 2 N–H and O–H groups in total. The SMILES string of the molecule is CCc1ccc(-c2nc(C(=O)O[C@H](C)C(=O)NC(=O)NC(C)C)cs2)cc1. The summed E-state index contributed by atoms with van der Waals surface area (Å²) in [5.41, 5.74) is 2.25. The third-order valence-corrected chi connectivity index (χ3v) is 4.52. The van der Waals surface area contributed by atoms with E-state index >= 15 is 0 Å². The van der Waals surface area contributed by atoms with Crippen molar-refractivity contribution in [2.45, 2.75) is 46.3 Å². The highest BCUT2D eigenvalue weighted by Crippen LogP contribution is 2.24. The molecule has 0 aliphatic heterocycles. The van der Waals surface area contributed by atoms with E-state index in [0.717, 1.165) is 12.0 Å². The molecule has 8 heteroatoms. The molecule has 1 aromatic heterocycles. The molecule has 27 heavy (non-hydrogen) atoms. The molecule has 1 atom stereocenters. The predicted octanol–water partition coefficient (Wildman–Crippen LogP) is 3.15. The molecule has 2 aromatic rings. The molecule has 1 heterocycles. The lowest BCUT2D eigenvalue weighted by molar-refractivity contribution is -0.127. The number of esters is 1. The van der Waals surface area contributed by atoms with Gasteiger partial charge in [0.15, 0.2) is 11.8 Å². The molecule has 0 bridgehead atoms. The van der Waals surface area contributed by atoms with Crippen LogP contribution in [0.2, 0.25) is 0 Å². The molecule has 3 amide bonds. The maximum atomic E-state index is 12.2. The number of nitrogens with zero attached hydrogens (tertiary/aromatic N) is 1. The number of ether oxygens (including phenoxy) is 1. The number of hydrogen-bond donors (Lipinski definition) is 2. The number of carbonyl (C=O) groups excluding carboxylic acids is 3. The number of benzene rings is 1. The summed E-state index contributed by atoms with van der Waals surface area (Å²) in [5.74, 6) is -1.42. The average molecular weight is 389 g/mol. The van der Waals surface area contributed by atoms with Crippen LogP contribution in [0.15, 0.2) is 29.6 Å². The van der Waals surface area contributed by atoms with Crippen molar-refractivity contribution in [2.75, 3.05) is 0 Å². The van der Waals surface area contributed by atoms with Crippen molar-refractivity contribution in [1.82, 2.24) is 15.6 Å². The molecule has 0 aliphatic carbocycles. The Bertz CT molecular complexity index is 815. The summed E-state index contributed by atoms with van der Waals surface area (Å²) in [6.45, 7) is 7.01. The Hall–Kier alpha value is -2.74. The highest BCUT2D eigenvalue weighted by molar-refractivity contribution is 7.13. The number of rotatable bonds is 6. The van der Waals surface area contributed by atoms with Crippen molar-refractivity contribution < 1.29 is 19.1 Å². The minimum atomic E-state index is -1.12. The van der Waals surface area contributed by atoms with Crippen LogP contribution in [0.3, 0.4) is 0 Å². The Morgan fingerprint density at radius 3 is 2.41 bits per heavy atom. The molecule has 0 saturated heterocycles. The molecule has 144 valence electrons. The highest BCUT2D eigenvalue weighted by atomic mass is 32.1. The van der Waals surface area contributed by atoms with Crippen molar-refractivity contribution in [3.63, 3.8) is 0 Å². The summed E-state index contributed by atoms with van der Waals surface area (Å²) in [6, 6.07) is 7.19. The summed E-state index contributed by atoms with van der Waals surface area (Å²) in [6.07, 6.45) is -0.172. The van der Waals surface area contributed by atoms with E-state index in [1.165, 1.54) is 23.8 Å². The van der Waals surface area contributed by atoms with Gasteiger partial charge in [-0.25, -0.2) is 14.6 Å². The second kappa shape index (κ2) is 9.27. The first-order valence-electron chi connectivity index (χ1n) is 8.67. The second-order valence-electron chi connectivity index (χ2n) is 6.25. The van der Waals surface area contributed by atoms with Gasteiger partial charge in [0, 0.05) is 17.0 Å². The van der Waals surface area contributed by atoms with Crippen molar-refractivity contribution in [1.29, 1.82) is 0 Å². The van der Waals surface area contributed by atoms with Gasteiger partial charge in [-0.2, -0.15) is 0 Å². The third kappa shape index (κ3) is 5.89. The van der Waals surface area contributed by atoms with E-state index in [9.17, 15) is 14.4 Å². The summed E-state index contributed by atoms with van der Waals surface area (Å²) < 4.78 is 5.10. The van der Waals surface area contributed by atoms with Crippen molar-refractivity contribution in [3.05, 3.63) is 40.9 Å². The molecule has 0 unspecified atom stereocenters. The number of amides is 3. The summed E-state index contributed by atoms with van der Waals surface area (Å²) in [4.78, 5) is 39.9. The van der Waals surface area contributed by atoms with Gasteiger partial charge < -0.3 is 10.1 Å². The second-order valence-corrected chi connectivity index (χ2v) is 7.11. The van der Waals surface area contributed by atoms with Crippen molar-refractivity contribution in [3.8, 4) is 10.6 Å². The Morgan fingerprint density at radius 2 is 1.81 bits per heavy atom. The number of aryl methyl sites for hydroxylation is 1. The first kappa shape index (κ1) is 20.6. The van der Waals surface area contributed by atoms with Gasteiger partial charge >= 0.3 is 12.0 Å². The van der Waals surface area contributed by atoms with E-state index in [4.69, 9.17) is 4.74 Å². The Kier molecular flexibility index (Phi) is 7.06. The van der Waals surface area contributed by atoms with Crippen LogP contribution in [0, 0.1) is 0 Å². The fourth-order valence-corrected chi connectivity index (χ4v) is 2.96. The van der Waals surface area contributed by atoms with Gasteiger partial charge in [0.2, 0.25) is 0 Å². The van der Waals surface area contributed by atoms with Crippen LogP contribution in [-0.2, 0) is 16.0 Å². The topological polar surface area (TPSA) is 97.4 Å². The summed E-state index contributed by atoms with van der Waals surface area (Å²) in [5, 5.41) is 6.92. The summed E-state index contributed by atoms with van der Waals surface area (Å²) in [7, 11) is 0. The number of imide groups is 1. The number of thiazole rings is 1. The molecule has 0 aliphatic rings. The van der Waals surface area contributed by atoms with Gasteiger partial charge in [-0.15, -0.1) is 11.3 Å². The lowest BCUT2D eigenvalue weighted by Gasteiger charge is -2.13. The van der Waals surface area contributed by atoms with E-state index in [1.807, 2.05) is 24.3 Å². The molecule has 1 aromatic carbocycles. The lowest BCUT2D eigenvalue weighted by atomic mass is 10.1. The van der Waals surface area contributed by atoms with Crippen LogP contribution in [-0.4, -0.2) is 35.0 Å². The first-order chi connectivity index (χ1) is 12.8. The Morgan fingerprint density at radius 1 is 1.15 bits per heavy atom. The smallest absolute Gasteiger partial charge is 0.358 e. The molecule has 2 rings (SSSR count). The van der Waals surface area contributed by atoms with Gasteiger partial charge in [-0.3, -0.25) is 10.1 Å². The lowest BCUT2D eigenvalue weighted by Crippen LogP contribution is -2.46. The van der Waals surface area contributed by atoms with Gasteiger partial charge in [-0.05, 0) is 32.8 Å². The van der Waals surface area contributed by atoms with Crippen LogP contribution < -0.4 is 10.6 Å². The van der Waals surface area contributed by atoms with E-state index in [0.29, 0.717) is 5.01 Å². The van der Waals surface area contributed by atoms with Crippen LogP contribution in [0.5, 0.6) is 0 Å². The fraction of sp³-hybridized carbons (Fsp3) is 0.368. The Labute approximate surface area is 162 Å². The molecule has 0 spiro atoms. The molecule has 0 fully saturated rings. The molecular formula is C19H23N3O4S. The van der Waals surface area contributed by atoms with Crippen LogP contribution in [0.1, 0.15) is 43.7 Å². The van der Waals surface area contributed by atoms with Gasteiger partial charge in [-0.1, -0.05) is 31.2 Å². The quantitative estimate of drug-likeness (QED) is 0.740. The number of aromatic nitrogens is 1. The highest BCUT2D eigenvalue weighted by Gasteiger charge is 2.22. The van der Waals surface area contributed by atoms with Gasteiger partial charge in [0.05, 0.1) is 0 Å². The zero-order chi connectivity index (χ0) is 20.0. The fourth-order valence-electron chi connectivity index (χ4n) is 2.17. The monoisotopic (exact) mass is 389 g/mol. The van der Waals surface area contributed by atoms with E-state index in [1.54, 1.807) is 19.2 Å². The Balaban J connectivity index is 1.96. The normalized spacial score (nSPS) is 11.7. The maximum Gasteiger partial charge on any atom is 0.358 e. The van der Waals surface area contributed by atoms with Crippen LogP contribution in [0.4, 0.5) is 4.79 Å². The molecule has 7 nitrogen and oxygen atoms in total. The number of nitrogens with one attached hydrogen (secondary N) is 2. The number of urea groups is 1. The van der Waals surface area contributed by atoms with E-state index < -0.39 is 24.0 Å². The number of hydrogen-bond acceptors (Lipinski definition) is 6. The van der Waals surface area contributed by atoms with Crippen molar-refractivity contribution in [2.24, 2.45) is 0 Å². The zero-order valence-corrected chi connectivity index (χ0v) is 16.6. The van der Waals surface area contributed by atoms with Crippen LogP contribution in [0.25, 0.3) is 10.6 Å². The van der Waals surface area contributed by atoms with E-state index in [2.05, 4.69) is 22.5 Å². The molecule has 0 saturated carbocycles. The standard InChI is InChI=1S/C19H23N3O4S/c1-5-13-6-8-14(9-7-13)17-21-15(10-27-17)18(24)26-12(4)16(23)22-19(25)20-11(2)3/h6-12H,5H2,1-4H3,(H2,20,22,23,25)/t12-/m1/s1. The number of carbonyl (C=O) groups is 3.